The maximum absolute atomic E-state index is 11.7. The van der Waals surface area contributed by atoms with E-state index in [4.69, 9.17) is 4.74 Å². The molecular formula is C16H25NO2. The first-order chi connectivity index (χ1) is 8.93. The van der Waals surface area contributed by atoms with E-state index in [0.29, 0.717) is 5.92 Å². The molecule has 0 bridgehead atoms. The van der Waals surface area contributed by atoms with Crippen LogP contribution in [0.25, 0.3) is 0 Å². The molecule has 0 heterocycles. The van der Waals surface area contributed by atoms with E-state index in [9.17, 15) is 4.79 Å². The van der Waals surface area contributed by atoms with Gasteiger partial charge in [0.1, 0.15) is 6.10 Å². The summed E-state index contributed by atoms with van der Waals surface area (Å²) in [6.07, 6.45) is 0.671. The van der Waals surface area contributed by atoms with Gasteiger partial charge in [0.15, 0.2) is 0 Å². The van der Waals surface area contributed by atoms with Crippen LogP contribution in [0, 0.1) is 5.92 Å². The number of methoxy groups -OCH3 is 1. The van der Waals surface area contributed by atoms with E-state index in [-0.39, 0.29) is 11.9 Å². The van der Waals surface area contributed by atoms with Crippen LogP contribution in [0.3, 0.4) is 0 Å². The molecule has 0 spiro atoms. The Labute approximate surface area is 116 Å². The normalized spacial score (nSPS) is 14.2. The lowest BCUT2D eigenvalue weighted by molar-refractivity contribution is -0.130. The van der Waals surface area contributed by atoms with Crippen molar-refractivity contribution >= 4 is 5.91 Å². The number of carbonyl (C=O) groups is 1. The van der Waals surface area contributed by atoms with Crippen molar-refractivity contribution in [3.63, 3.8) is 0 Å². The quantitative estimate of drug-likeness (QED) is 0.856. The predicted octanol–water partition coefficient (Wildman–Crippen LogP) is 3.10. The van der Waals surface area contributed by atoms with Gasteiger partial charge in [0.2, 0.25) is 5.91 Å². The number of nitrogens with one attached hydrogen (secondary N) is 1. The molecule has 19 heavy (non-hydrogen) atoms. The van der Waals surface area contributed by atoms with E-state index < -0.39 is 6.10 Å². The summed E-state index contributed by atoms with van der Waals surface area (Å²) < 4.78 is 5.00. The highest BCUT2D eigenvalue weighted by molar-refractivity contribution is 5.80. The third kappa shape index (κ3) is 5.03. The average molecular weight is 263 g/mol. The average Bonchev–Trinajstić information content (AvgIpc) is 2.37. The number of hydrogen-bond acceptors (Lipinski definition) is 2. The van der Waals surface area contributed by atoms with E-state index >= 15 is 0 Å². The molecule has 1 aromatic rings. The fourth-order valence-electron chi connectivity index (χ4n) is 1.93. The Morgan fingerprint density at radius 1 is 1.16 bits per heavy atom. The topological polar surface area (TPSA) is 38.3 Å². The van der Waals surface area contributed by atoms with E-state index in [1.165, 1.54) is 12.7 Å². The van der Waals surface area contributed by atoms with Crippen LogP contribution in [0.1, 0.15) is 44.9 Å². The Bertz CT molecular complexity index is 398. The third-order valence-corrected chi connectivity index (χ3v) is 3.21. The van der Waals surface area contributed by atoms with Crippen molar-refractivity contribution in [3.8, 4) is 0 Å². The van der Waals surface area contributed by atoms with Gasteiger partial charge in [-0.15, -0.1) is 0 Å². The molecule has 0 aromatic heterocycles. The van der Waals surface area contributed by atoms with Crippen LogP contribution >= 0.6 is 0 Å². The summed E-state index contributed by atoms with van der Waals surface area (Å²) in [6.45, 7) is 8.15. The highest BCUT2D eigenvalue weighted by Gasteiger charge is 2.15. The van der Waals surface area contributed by atoms with Crippen molar-refractivity contribution in [3.05, 3.63) is 35.4 Å². The molecule has 3 heteroatoms. The number of carbonyl (C=O) groups excluding carboxylic acids is 1. The summed E-state index contributed by atoms with van der Waals surface area (Å²) in [6, 6.07) is 8.44. The van der Waals surface area contributed by atoms with Crippen LogP contribution in [0.4, 0.5) is 0 Å². The van der Waals surface area contributed by atoms with Gasteiger partial charge in [-0.2, -0.15) is 0 Å². The molecule has 0 radical (unpaired) electrons. The van der Waals surface area contributed by atoms with Gasteiger partial charge in [0.05, 0.1) is 6.04 Å². The lowest BCUT2D eigenvalue weighted by Gasteiger charge is -2.17. The summed E-state index contributed by atoms with van der Waals surface area (Å²) in [5.41, 5.74) is 2.45. The zero-order chi connectivity index (χ0) is 14.4. The molecule has 2 atom stereocenters. The highest BCUT2D eigenvalue weighted by Crippen LogP contribution is 2.15. The van der Waals surface area contributed by atoms with Gasteiger partial charge in [-0.25, -0.2) is 0 Å². The molecule has 0 saturated heterocycles. The molecule has 1 N–H and O–H groups in total. The molecule has 2 unspecified atom stereocenters. The molecule has 3 nitrogen and oxygen atoms in total. The van der Waals surface area contributed by atoms with Gasteiger partial charge in [0, 0.05) is 7.11 Å². The van der Waals surface area contributed by atoms with Crippen molar-refractivity contribution in [1.82, 2.24) is 5.32 Å². The lowest BCUT2D eigenvalue weighted by atomic mass is 10.00. The monoisotopic (exact) mass is 263 g/mol. The van der Waals surface area contributed by atoms with Crippen LogP contribution in [-0.2, 0) is 16.0 Å². The zero-order valence-corrected chi connectivity index (χ0v) is 12.6. The molecule has 106 valence electrons. The molecule has 0 aliphatic carbocycles. The van der Waals surface area contributed by atoms with Crippen LogP contribution in [0.2, 0.25) is 0 Å². The molecule has 1 rings (SSSR count). The first-order valence-electron chi connectivity index (χ1n) is 6.86. The Hall–Kier alpha value is -1.35. The molecule has 0 fully saturated rings. The second-order valence-electron chi connectivity index (χ2n) is 5.45. The Morgan fingerprint density at radius 2 is 1.74 bits per heavy atom. The zero-order valence-electron chi connectivity index (χ0n) is 12.6. The number of ether oxygens (including phenoxy) is 1. The Kier molecular flexibility index (Phi) is 6.03. The molecule has 0 aliphatic rings. The molecule has 1 aromatic carbocycles. The SMILES string of the molecule is COC(C)C(=O)NC(C)c1ccc(CC(C)C)cc1. The van der Waals surface area contributed by atoms with Crippen molar-refractivity contribution < 1.29 is 9.53 Å². The first kappa shape index (κ1) is 15.7. The summed E-state index contributed by atoms with van der Waals surface area (Å²) >= 11 is 0. The van der Waals surface area contributed by atoms with Crippen molar-refractivity contribution in [2.45, 2.75) is 46.3 Å². The van der Waals surface area contributed by atoms with E-state index in [0.717, 1.165) is 12.0 Å². The smallest absolute Gasteiger partial charge is 0.249 e. The van der Waals surface area contributed by atoms with Gasteiger partial charge in [-0.1, -0.05) is 38.1 Å². The largest absolute Gasteiger partial charge is 0.372 e. The van der Waals surface area contributed by atoms with Crippen LogP contribution in [0.15, 0.2) is 24.3 Å². The lowest BCUT2D eigenvalue weighted by Crippen LogP contribution is -2.35. The first-order valence-corrected chi connectivity index (χ1v) is 6.86. The third-order valence-electron chi connectivity index (χ3n) is 3.21. The number of rotatable bonds is 6. The molecule has 0 saturated carbocycles. The van der Waals surface area contributed by atoms with Gasteiger partial charge in [0.25, 0.3) is 0 Å². The molecular weight excluding hydrogens is 238 g/mol. The minimum atomic E-state index is -0.414. The van der Waals surface area contributed by atoms with E-state index in [1.54, 1.807) is 6.92 Å². The summed E-state index contributed by atoms with van der Waals surface area (Å²) in [7, 11) is 1.54. The van der Waals surface area contributed by atoms with E-state index in [1.807, 2.05) is 6.92 Å². The number of amides is 1. The minimum absolute atomic E-state index is 0.00167. The van der Waals surface area contributed by atoms with E-state index in [2.05, 4.69) is 43.4 Å². The second-order valence-corrected chi connectivity index (χ2v) is 5.45. The summed E-state index contributed by atoms with van der Waals surface area (Å²) in [5, 5.41) is 2.94. The highest BCUT2D eigenvalue weighted by atomic mass is 16.5. The fraction of sp³-hybridized carbons (Fsp3) is 0.562. The Morgan fingerprint density at radius 3 is 2.21 bits per heavy atom. The van der Waals surface area contributed by atoms with Crippen LogP contribution in [-0.4, -0.2) is 19.1 Å². The van der Waals surface area contributed by atoms with Crippen molar-refractivity contribution in [2.24, 2.45) is 5.92 Å². The predicted molar refractivity (Wildman–Crippen MR) is 78.0 cm³/mol. The van der Waals surface area contributed by atoms with Gasteiger partial charge < -0.3 is 10.1 Å². The standard InChI is InChI=1S/C16H25NO2/c1-11(2)10-14-6-8-15(9-7-14)12(3)17-16(18)13(4)19-5/h6-9,11-13H,10H2,1-5H3,(H,17,18). The maximum Gasteiger partial charge on any atom is 0.249 e. The summed E-state index contributed by atoms with van der Waals surface area (Å²) in [5.74, 6) is 0.576. The fourth-order valence-corrected chi connectivity index (χ4v) is 1.93. The molecule has 1 amide bonds. The van der Waals surface area contributed by atoms with Gasteiger partial charge in [-0.05, 0) is 37.3 Å². The van der Waals surface area contributed by atoms with Crippen molar-refractivity contribution in [1.29, 1.82) is 0 Å². The number of benzene rings is 1. The molecule has 0 aliphatic heterocycles. The second kappa shape index (κ2) is 7.29. The van der Waals surface area contributed by atoms with Crippen LogP contribution < -0.4 is 5.32 Å². The van der Waals surface area contributed by atoms with Crippen molar-refractivity contribution in [2.75, 3.05) is 7.11 Å². The van der Waals surface area contributed by atoms with Gasteiger partial charge in [-0.3, -0.25) is 4.79 Å². The number of hydrogen-bond donors (Lipinski definition) is 1. The Balaban J connectivity index is 2.62. The minimum Gasteiger partial charge on any atom is -0.372 e. The maximum atomic E-state index is 11.7. The van der Waals surface area contributed by atoms with Gasteiger partial charge >= 0.3 is 0 Å². The summed E-state index contributed by atoms with van der Waals surface area (Å²) in [4.78, 5) is 11.7. The van der Waals surface area contributed by atoms with Crippen LogP contribution in [0.5, 0.6) is 0 Å².